The Morgan fingerprint density at radius 3 is 2.86 bits per heavy atom. The second-order valence-corrected chi connectivity index (χ2v) is 5.11. The van der Waals surface area contributed by atoms with Gasteiger partial charge in [-0.25, -0.2) is 0 Å². The van der Waals surface area contributed by atoms with Crippen LogP contribution in [0.15, 0.2) is 42.5 Å². The van der Waals surface area contributed by atoms with E-state index in [9.17, 15) is 9.59 Å². The minimum Gasteiger partial charge on any atom is -0.497 e. The van der Waals surface area contributed by atoms with Crippen molar-refractivity contribution in [1.29, 1.82) is 0 Å². The summed E-state index contributed by atoms with van der Waals surface area (Å²) in [4.78, 5) is 23.6. The standard InChI is InChI=1S/C17H16N2O3/c1-22-14-4-2-3-12(10-14)17(21)18-13-6-7-15-11(9-13)5-8-16(20)19-15/h2-4,6-7,9-10H,5,8H2,1H3,(H,18,21)(H,19,20). The number of hydrogen-bond acceptors (Lipinski definition) is 3. The maximum absolute atomic E-state index is 12.3. The molecule has 0 saturated heterocycles. The Balaban J connectivity index is 1.78. The Morgan fingerprint density at radius 1 is 1.18 bits per heavy atom. The molecule has 0 unspecified atom stereocenters. The van der Waals surface area contributed by atoms with Gasteiger partial charge in [-0.2, -0.15) is 0 Å². The van der Waals surface area contributed by atoms with Crippen LogP contribution in [0.5, 0.6) is 5.75 Å². The highest BCUT2D eigenvalue weighted by Gasteiger charge is 2.15. The number of fused-ring (bicyclic) bond motifs is 1. The summed E-state index contributed by atoms with van der Waals surface area (Å²) >= 11 is 0. The minimum absolute atomic E-state index is 0.0284. The molecule has 2 amide bonds. The third-order valence-corrected chi connectivity index (χ3v) is 3.59. The Morgan fingerprint density at radius 2 is 2.05 bits per heavy atom. The van der Waals surface area contributed by atoms with Crippen LogP contribution >= 0.6 is 0 Å². The number of aryl methyl sites for hydroxylation is 1. The molecule has 1 aliphatic rings. The predicted molar refractivity (Wildman–Crippen MR) is 84.3 cm³/mol. The molecule has 2 aromatic rings. The Kier molecular flexibility index (Phi) is 3.78. The summed E-state index contributed by atoms with van der Waals surface area (Å²) in [5, 5.41) is 5.68. The van der Waals surface area contributed by atoms with Crippen molar-refractivity contribution in [2.45, 2.75) is 12.8 Å². The van der Waals surface area contributed by atoms with Gasteiger partial charge in [-0.3, -0.25) is 9.59 Å². The van der Waals surface area contributed by atoms with E-state index in [1.807, 2.05) is 12.1 Å². The first kappa shape index (κ1) is 14.1. The van der Waals surface area contributed by atoms with Crippen LogP contribution in [0.2, 0.25) is 0 Å². The second-order valence-electron chi connectivity index (χ2n) is 5.11. The van der Waals surface area contributed by atoms with E-state index in [1.165, 1.54) is 0 Å². The molecule has 0 spiro atoms. The van der Waals surface area contributed by atoms with Crippen LogP contribution in [-0.2, 0) is 11.2 Å². The number of amides is 2. The molecule has 0 fully saturated rings. The number of hydrogen-bond donors (Lipinski definition) is 2. The first-order chi connectivity index (χ1) is 10.7. The average Bonchev–Trinajstić information content (AvgIpc) is 2.55. The molecule has 5 nitrogen and oxygen atoms in total. The summed E-state index contributed by atoms with van der Waals surface area (Å²) in [6.45, 7) is 0. The fourth-order valence-corrected chi connectivity index (χ4v) is 2.43. The van der Waals surface area contributed by atoms with Gasteiger partial charge < -0.3 is 15.4 Å². The average molecular weight is 296 g/mol. The van der Waals surface area contributed by atoms with Crippen LogP contribution < -0.4 is 15.4 Å². The summed E-state index contributed by atoms with van der Waals surface area (Å²) in [5.41, 5.74) is 3.09. The van der Waals surface area contributed by atoms with Crippen molar-refractivity contribution in [1.82, 2.24) is 0 Å². The fraction of sp³-hybridized carbons (Fsp3) is 0.176. The van der Waals surface area contributed by atoms with Crippen LogP contribution in [0, 0.1) is 0 Å². The molecule has 0 bridgehead atoms. The number of ether oxygens (including phenoxy) is 1. The number of anilines is 2. The number of benzene rings is 2. The van der Waals surface area contributed by atoms with Gasteiger partial charge in [0.2, 0.25) is 5.91 Å². The largest absolute Gasteiger partial charge is 0.497 e. The molecule has 3 rings (SSSR count). The maximum atomic E-state index is 12.3. The van der Waals surface area contributed by atoms with Crippen molar-refractivity contribution in [3.8, 4) is 5.75 Å². The highest BCUT2D eigenvalue weighted by atomic mass is 16.5. The Labute approximate surface area is 128 Å². The van der Waals surface area contributed by atoms with Gasteiger partial charge in [-0.05, 0) is 48.4 Å². The lowest BCUT2D eigenvalue weighted by Crippen LogP contribution is -2.19. The lowest BCUT2D eigenvalue weighted by Gasteiger charge is -2.17. The molecule has 2 aromatic carbocycles. The van der Waals surface area contributed by atoms with E-state index in [4.69, 9.17) is 4.74 Å². The molecular weight excluding hydrogens is 280 g/mol. The number of methoxy groups -OCH3 is 1. The molecule has 22 heavy (non-hydrogen) atoms. The second kappa shape index (κ2) is 5.89. The van der Waals surface area contributed by atoms with Crippen LogP contribution in [0.1, 0.15) is 22.3 Å². The molecule has 1 heterocycles. The zero-order valence-corrected chi connectivity index (χ0v) is 12.2. The molecule has 0 atom stereocenters. The molecule has 0 aliphatic carbocycles. The first-order valence-corrected chi connectivity index (χ1v) is 7.04. The van der Waals surface area contributed by atoms with Gasteiger partial charge in [0.05, 0.1) is 7.11 Å². The van der Waals surface area contributed by atoms with Crippen molar-refractivity contribution in [3.05, 3.63) is 53.6 Å². The maximum Gasteiger partial charge on any atom is 0.255 e. The van der Waals surface area contributed by atoms with Gasteiger partial charge >= 0.3 is 0 Å². The predicted octanol–water partition coefficient (Wildman–Crippen LogP) is 2.83. The Hall–Kier alpha value is -2.82. The van der Waals surface area contributed by atoms with Gasteiger partial charge in [0.25, 0.3) is 5.91 Å². The van der Waals surface area contributed by atoms with Crippen molar-refractivity contribution in [3.63, 3.8) is 0 Å². The van der Waals surface area contributed by atoms with Crippen LogP contribution in [-0.4, -0.2) is 18.9 Å². The lowest BCUT2D eigenvalue weighted by molar-refractivity contribution is -0.116. The molecule has 5 heteroatoms. The van der Waals surface area contributed by atoms with Gasteiger partial charge in [0.15, 0.2) is 0 Å². The molecule has 112 valence electrons. The minimum atomic E-state index is -0.196. The van der Waals surface area contributed by atoms with Crippen molar-refractivity contribution in [2.24, 2.45) is 0 Å². The number of carbonyl (C=O) groups excluding carboxylic acids is 2. The molecule has 0 aromatic heterocycles. The molecule has 0 radical (unpaired) electrons. The third kappa shape index (κ3) is 2.93. The number of carbonyl (C=O) groups is 2. The monoisotopic (exact) mass is 296 g/mol. The fourth-order valence-electron chi connectivity index (χ4n) is 2.43. The molecular formula is C17H16N2O3. The third-order valence-electron chi connectivity index (χ3n) is 3.59. The molecule has 0 saturated carbocycles. The summed E-state index contributed by atoms with van der Waals surface area (Å²) in [6.07, 6.45) is 1.16. The summed E-state index contributed by atoms with van der Waals surface area (Å²) in [6, 6.07) is 12.5. The van der Waals surface area contributed by atoms with E-state index in [1.54, 1.807) is 37.4 Å². The van der Waals surface area contributed by atoms with Gasteiger partial charge in [-0.15, -0.1) is 0 Å². The number of nitrogens with one attached hydrogen (secondary N) is 2. The quantitative estimate of drug-likeness (QED) is 0.915. The van der Waals surface area contributed by atoms with E-state index in [-0.39, 0.29) is 11.8 Å². The van der Waals surface area contributed by atoms with Crippen molar-refractivity contribution < 1.29 is 14.3 Å². The SMILES string of the molecule is COc1cccc(C(=O)Nc2ccc3c(c2)CCC(=O)N3)c1. The van der Waals surface area contributed by atoms with E-state index in [0.717, 1.165) is 11.3 Å². The normalized spacial score (nSPS) is 13.0. The van der Waals surface area contributed by atoms with E-state index in [0.29, 0.717) is 29.8 Å². The van der Waals surface area contributed by atoms with E-state index < -0.39 is 0 Å². The highest BCUT2D eigenvalue weighted by molar-refractivity contribution is 6.05. The smallest absolute Gasteiger partial charge is 0.255 e. The van der Waals surface area contributed by atoms with Crippen molar-refractivity contribution >= 4 is 23.2 Å². The van der Waals surface area contributed by atoms with Gasteiger partial charge in [0, 0.05) is 23.4 Å². The number of rotatable bonds is 3. The van der Waals surface area contributed by atoms with Gasteiger partial charge in [-0.1, -0.05) is 6.07 Å². The highest BCUT2D eigenvalue weighted by Crippen LogP contribution is 2.26. The van der Waals surface area contributed by atoms with Crippen LogP contribution in [0.25, 0.3) is 0 Å². The van der Waals surface area contributed by atoms with Crippen LogP contribution in [0.4, 0.5) is 11.4 Å². The molecule has 2 N–H and O–H groups in total. The van der Waals surface area contributed by atoms with Crippen LogP contribution in [0.3, 0.4) is 0 Å². The van der Waals surface area contributed by atoms with Gasteiger partial charge in [0.1, 0.15) is 5.75 Å². The van der Waals surface area contributed by atoms with E-state index >= 15 is 0 Å². The first-order valence-electron chi connectivity index (χ1n) is 7.04. The topological polar surface area (TPSA) is 67.4 Å². The molecule has 1 aliphatic heterocycles. The summed E-state index contributed by atoms with van der Waals surface area (Å²) in [5.74, 6) is 0.472. The zero-order chi connectivity index (χ0) is 15.5. The summed E-state index contributed by atoms with van der Waals surface area (Å²) in [7, 11) is 1.56. The van der Waals surface area contributed by atoms with Crippen molar-refractivity contribution in [2.75, 3.05) is 17.7 Å². The summed E-state index contributed by atoms with van der Waals surface area (Å²) < 4.78 is 5.12. The van der Waals surface area contributed by atoms with E-state index in [2.05, 4.69) is 10.6 Å². The Bertz CT molecular complexity index is 740. The lowest BCUT2D eigenvalue weighted by atomic mass is 10.0. The zero-order valence-electron chi connectivity index (χ0n) is 12.2.